The van der Waals surface area contributed by atoms with Crippen molar-refractivity contribution >= 4 is 23.0 Å². The molecule has 6 heteroatoms. The molecule has 0 radical (unpaired) electrons. The molecule has 0 atom stereocenters. The Balaban J connectivity index is 1.82. The highest BCUT2D eigenvalue weighted by Gasteiger charge is 2.18. The van der Waals surface area contributed by atoms with Crippen molar-refractivity contribution in [3.05, 3.63) is 33.3 Å². The summed E-state index contributed by atoms with van der Waals surface area (Å²) >= 11 is 5.85. The van der Waals surface area contributed by atoms with E-state index in [4.69, 9.17) is 16.3 Å². The molecular formula is C14H19ClN2O3. The molecule has 1 fully saturated rings. The lowest BCUT2D eigenvalue weighted by atomic mass is 9.98. The van der Waals surface area contributed by atoms with Crippen LogP contribution in [0.25, 0.3) is 0 Å². The van der Waals surface area contributed by atoms with Gasteiger partial charge in [-0.3, -0.25) is 10.1 Å². The second-order valence-electron chi connectivity index (χ2n) is 4.95. The van der Waals surface area contributed by atoms with E-state index >= 15 is 0 Å². The summed E-state index contributed by atoms with van der Waals surface area (Å²) in [4.78, 5) is 10.5. The zero-order chi connectivity index (χ0) is 14.4. The minimum atomic E-state index is -0.466. The molecule has 20 heavy (non-hydrogen) atoms. The highest BCUT2D eigenvalue weighted by molar-refractivity contribution is 6.33. The fourth-order valence-corrected chi connectivity index (χ4v) is 2.73. The van der Waals surface area contributed by atoms with E-state index in [0.29, 0.717) is 24.9 Å². The van der Waals surface area contributed by atoms with Crippen LogP contribution in [-0.2, 0) is 4.74 Å². The average Bonchev–Trinajstić information content (AvgIpc) is 2.44. The van der Waals surface area contributed by atoms with Gasteiger partial charge in [-0.2, -0.15) is 0 Å². The van der Waals surface area contributed by atoms with Crippen LogP contribution in [0.3, 0.4) is 0 Å². The molecule has 1 aromatic carbocycles. The first kappa shape index (κ1) is 15.1. The van der Waals surface area contributed by atoms with Crippen LogP contribution in [0, 0.1) is 10.1 Å². The van der Waals surface area contributed by atoms with E-state index in [0.717, 1.165) is 12.8 Å². The molecule has 0 bridgehead atoms. The Morgan fingerprint density at radius 2 is 2.10 bits per heavy atom. The zero-order valence-corrected chi connectivity index (χ0v) is 12.1. The highest BCUT2D eigenvalue weighted by Crippen LogP contribution is 2.32. The first-order chi connectivity index (χ1) is 9.68. The molecule has 1 aliphatic carbocycles. The van der Waals surface area contributed by atoms with Gasteiger partial charge in [0.05, 0.1) is 17.6 Å². The van der Waals surface area contributed by atoms with Crippen LogP contribution >= 0.6 is 11.6 Å². The van der Waals surface area contributed by atoms with Crippen molar-refractivity contribution in [2.75, 3.05) is 18.5 Å². The molecule has 1 aliphatic rings. The molecular weight excluding hydrogens is 280 g/mol. The van der Waals surface area contributed by atoms with Crippen LogP contribution in [0.4, 0.5) is 11.4 Å². The summed E-state index contributed by atoms with van der Waals surface area (Å²) in [6.07, 6.45) is 6.36. The summed E-state index contributed by atoms with van der Waals surface area (Å²) < 4.78 is 5.77. The monoisotopic (exact) mass is 298 g/mol. The van der Waals surface area contributed by atoms with Crippen LogP contribution in [0.1, 0.15) is 32.1 Å². The molecule has 110 valence electrons. The molecule has 0 saturated heterocycles. The zero-order valence-electron chi connectivity index (χ0n) is 11.3. The predicted molar refractivity (Wildman–Crippen MR) is 79.4 cm³/mol. The molecule has 1 aromatic rings. The lowest BCUT2D eigenvalue weighted by Crippen LogP contribution is -2.20. The molecule has 0 spiro atoms. The minimum Gasteiger partial charge on any atom is -0.377 e. The largest absolute Gasteiger partial charge is 0.377 e. The number of ether oxygens (including phenoxy) is 1. The van der Waals surface area contributed by atoms with E-state index in [9.17, 15) is 10.1 Å². The van der Waals surface area contributed by atoms with Gasteiger partial charge in [-0.05, 0) is 25.0 Å². The van der Waals surface area contributed by atoms with Crippen LogP contribution in [0.5, 0.6) is 0 Å². The normalized spacial score (nSPS) is 16.1. The van der Waals surface area contributed by atoms with Crippen molar-refractivity contribution in [3.63, 3.8) is 0 Å². The molecule has 0 amide bonds. The Morgan fingerprint density at radius 3 is 2.80 bits per heavy atom. The standard InChI is InChI=1S/C14H19ClN2O3/c15-12-7-4-8-13(14(12)17(18)19)16-9-10-20-11-5-2-1-3-6-11/h4,7-8,11,16H,1-3,5-6,9-10H2. The Bertz CT molecular complexity index is 462. The molecule has 0 aromatic heterocycles. The van der Waals surface area contributed by atoms with E-state index in [1.54, 1.807) is 12.1 Å². The molecule has 0 unspecified atom stereocenters. The van der Waals surface area contributed by atoms with Gasteiger partial charge < -0.3 is 10.1 Å². The van der Waals surface area contributed by atoms with Gasteiger partial charge in [0.15, 0.2) is 0 Å². The Hall–Kier alpha value is -1.33. The average molecular weight is 299 g/mol. The number of benzene rings is 1. The SMILES string of the molecule is O=[N+]([O-])c1c(Cl)cccc1NCCOC1CCCCC1. The number of nitro groups is 1. The Morgan fingerprint density at radius 1 is 1.35 bits per heavy atom. The number of nitrogens with one attached hydrogen (secondary N) is 1. The Labute approximate surface area is 123 Å². The third-order valence-electron chi connectivity index (χ3n) is 3.49. The Kier molecular flexibility index (Phi) is 5.61. The summed E-state index contributed by atoms with van der Waals surface area (Å²) in [5.41, 5.74) is 0.363. The highest BCUT2D eigenvalue weighted by atomic mass is 35.5. The maximum absolute atomic E-state index is 11.0. The number of anilines is 1. The molecule has 5 nitrogen and oxygen atoms in total. The smallest absolute Gasteiger partial charge is 0.310 e. The first-order valence-corrected chi connectivity index (χ1v) is 7.34. The molecule has 1 N–H and O–H groups in total. The van der Waals surface area contributed by atoms with E-state index < -0.39 is 4.92 Å². The summed E-state index contributed by atoms with van der Waals surface area (Å²) in [5.74, 6) is 0. The van der Waals surface area contributed by atoms with Crippen molar-refractivity contribution < 1.29 is 9.66 Å². The predicted octanol–water partition coefficient (Wildman–Crippen LogP) is 4.01. The summed E-state index contributed by atoms with van der Waals surface area (Å²) in [6.45, 7) is 1.09. The lowest BCUT2D eigenvalue weighted by Gasteiger charge is -2.22. The maximum atomic E-state index is 11.0. The summed E-state index contributed by atoms with van der Waals surface area (Å²) in [7, 11) is 0. The fraction of sp³-hybridized carbons (Fsp3) is 0.571. The van der Waals surface area contributed by atoms with Crippen molar-refractivity contribution in [3.8, 4) is 0 Å². The number of para-hydroxylation sites is 1. The second kappa shape index (κ2) is 7.45. The van der Waals surface area contributed by atoms with Crippen molar-refractivity contribution in [2.24, 2.45) is 0 Å². The number of hydrogen-bond acceptors (Lipinski definition) is 4. The molecule has 2 rings (SSSR count). The van der Waals surface area contributed by atoms with Crippen molar-refractivity contribution in [1.29, 1.82) is 0 Å². The van der Waals surface area contributed by atoms with E-state index in [2.05, 4.69) is 5.32 Å². The number of hydrogen-bond donors (Lipinski definition) is 1. The lowest BCUT2D eigenvalue weighted by molar-refractivity contribution is -0.383. The van der Waals surface area contributed by atoms with E-state index in [1.807, 2.05) is 0 Å². The van der Waals surface area contributed by atoms with Crippen LogP contribution in [0.15, 0.2) is 18.2 Å². The number of rotatable bonds is 6. The van der Waals surface area contributed by atoms with Crippen LogP contribution < -0.4 is 5.32 Å². The third-order valence-corrected chi connectivity index (χ3v) is 3.80. The number of halogens is 1. The van der Waals surface area contributed by atoms with Gasteiger partial charge in [-0.25, -0.2) is 0 Å². The number of nitro benzene ring substituents is 1. The molecule has 0 heterocycles. The van der Waals surface area contributed by atoms with Gasteiger partial charge in [0.1, 0.15) is 10.7 Å². The number of nitrogens with zero attached hydrogens (tertiary/aromatic N) is 1. The van der Waals surface area contributed by atoms with E-state index in [1.165, 1.54) is 25.3 Å². The fourth-order valence-electron chi connectivity index (χ4n) is 2.49. The van der Waals surface area contributed by atoms with Gasteiger partial charge in [0.25, 0.3) is 0 Å². The third kappa shape index (κ3) is 4.08. The van der Waals surface area contributed by atoms with Crippen molar-refractivity contribution in [1.82, 2.24) is 0 Å². The summed E-state index contributed by atoms with van der Waals surface area (Å²) in [6, 6.07) is 4.87. The van der Waals surface area contributed by atoms with Crippen LogP contribution in [-0.4, -0.2) is 24.2 Å². The van der Waals surface area contributed by atoms with Crippen molar-refractivity contribution in [2.45, 2.75) is 38.2 Å². The van der Waals surface area contributed by atoms with Crippen LogP contribution in [0.2, 0.25) is 5.02 Å². The van der Waals surface area contributed by atoms with E-state index in [-0.39, 0.29) is 10.7 Å². The van der Waals surface area contributed by atoms with Gasteiger partial charge in [0, 0.05) is 6.54 Å². The van der Waals surface area contributed by atoms with Gasteiger partial charge in [-0.1, -0.05) is 36.9 Å². The second-order valence-corrected chi connectivity index (χ2v) is 5.36. The van der Waals surface area contributed by atoms with Gasteiger partial charge >= 0.3 is 5.69 Å². The minimum absolute atomic E-state index is 0.0770. The summed E-state index contributed by atoms with van der Waals surface area (Å²) in [5, 5.41) is 14.1. The van der Waals surface area contributed by atoms with Gasteiger partial charge in [-0.15, -0.1) is 0 Å². The molecule has 0 aliphatic heterocycles. The maximum Gasteiger partial charge on any atom is 0.310 e. The quantitative estimate of drug-likeness (QED) is 0.489. The first-order valence-electron chi connectivity index (χ1n) is 6.97. The molecule has 1 saturated carbocycles. The topological polar surface area (TPSA) is 64.4 Å². The van der Waals surface area contributed by atoms with Gasteiger partial charge in [0.2, 0.25) is 0 Å².